The van der Waals surface area contributed by atoms with E-state index in [1.165, 1.54) is 26.4 Å². The summed E-state index contributed by atoms with van der Waals surface area (Å²) >= 11 is 5.93. The van der Waals surface area contributed by atoms with Gasteiger partial charge in [-0.1, -0.05) is 113 Å². The van der Waals surface area contributed by atoms with Gasteiger partial charge in [-0.15, -0.1) is 11.6 Å². The normalized spacial score (nSPS) is 11.8. The molecule has 0 saturated carbocycles. The topological polar surface area (TPSA) is 101 Å². The lowest BCUT2D eigenvalue weighted by Crippen LogP contribution is -2.13. The highest BCUT2D eigenvalue weighted by atomic mass is 35.5. The molecule has 6 rings (SSSR count). The summed E-state index contributed by atoms with van der Waals surface area (Å²) in [4.78, 5) is 23.2. The first-order chi connectivity index (χ1) is 35.4. The van der Waals surface area contributed by atoms with Crippen LogP contribution in [0.3, 0.4) is 0 Å². The maximum Gasteiger partial charge on any atom is 0.306 e. The molecule has 0 saturated heterocycles. The number of carbonyl (C=O) groups is 2. The van der Waals surface area contributed by atoms with Crippen molar-refractivity contribution < 1.29 is 47.2 Å². The quantitative estimate of drug-likeness (QED) is 0.0581. The number of methoxy groups -OCH3 is 4. The van der Waals surface area contributed by atoms with Crippen LogP contribution in [-0.2, 0) is 42.4 Å². The second-order valence-electron chi connectivity index (χ2n) is 20.8. The van der Waals surface area contributed by atoms with Crippen LogP contribution >= 0.6 is 11.6 Å². The number of aromatic hydroxyl groups is 1. The average molecular weight is 1050 g/mol. The smallest absolute Gasteiger partial charge is 0.306 e. The molecule has 0 amide bonds. The number of rotatable bonds is 16. The number of phenols is 1. The van der Waals surface area contributed by atoms with E-state index >= 15 is 0 Å². The van der Waals surface area contributed by atoms with Crippen molar-refractivity contribution in [2.45, 2.75) is 117 Å². The van der Waals surface area contributed by atoms with Gasteiger partial charge >= 0.3 is 11.9 Å². The Morgan fingerprint density at radius 2 is 0.920 bits per heavy atom. The SMILES string of the molecule is COC(=O)C[C@@H](C=C(C)C)c1ccc(O)cc1.COC(=O)C[C@@H](C=C(C)C)c1ccc(OCc2ccc(C(C)(C)C)c(-c3cc(OC)ccc3F)c2)cc1.COc1ccc(F)c(-c2cc(CCl)ccc2C(C)(C)C)c1. The Balaban J connectivity index is 0.000000269. The van der Waals surface area contributed by atoms with Crippen LogP contribution in [0.1, 0.15) is 127 Å². The summed E-state index contributed by atoms with van der Waals surface area (Å²) in [6, 6.07) is 36.3. The summed E-state index contributed by atoms with van der Waals surface area (Å²) in [6.45, 7) is 21.0. The summed E-state index contributed by atoms with van der Waals surface area (Å²) in [5.74, 6) is 1.50. The fourth-order valence-electron chi connectivity index (χ4n) is 8.36. The van der Waals surface area contributed by atoms with E-state index in [0.717, 1.165) is 55.7 Å². The zero-order valence-electron chi connectivity index (χ0n) is 46.1. The first-order valence-electron chi connectivity index (χ1n) is 24.9. The molecule has 0 aromatic heterocycles. The lowest BCUT2D eigenvalue weighted by atomic mass is 9.81. The van der Waals surface area contributed by atoms with Crippen molar-refractivity contribution in [3.63, 3.8) is 0 Å². The van der Waals surface area contributed by atoms with E-state index in [9.17, 15) is 23.5 Å². The van der Waals surface area contributed by atoms with Crippen LogP contribution in [0, 0.1) is 11.6 Å². The number of carbonyl (C=O) groups excluding carboxylic acids is 2. The maximum absolute atomic E-state index is 14.9. The Labute approximate surface area is 449 Å². The van der Waals surface area contributed by atoms with Crippen LogP contribution in [0.15, 0.2) is 145 Å². The molecule has 0 aliphatic rings. The molecule has 1 N–H and O–H groups in total. The van der Waals surface area contributed by atoms with E-state index in [-0.39, 0.29) is 58.4 Å². The number of benzene rings is 6. The Hall–Kier alpha value is -6.91. The number of halogens is 3. The van der Waals surface area contributed by atoms with Crippen LogP contribution in [0.2, 0.25) is 0 Å². The molecule has 0 aliphatic carbocycles. The predicted octanol–water partition coefficient (Wildman–Crippen LogP) is 16.5. The molecule has 11 heteroatoms. The van der Waals surface area contributed by atoms with E-state index in [2.05, 4.69) is 52.4 Å². The molecule has 6 aromatic carbocycles. The molecule has 6 aromatic rings. The largest absolute Gasteiger partial charge is 0.508 e. The number of alkyl halides is 1. The van der Waals surface area contributed by atoms with Gasteiger partial charge in [0.05, 0.1) is 41.3 Å². The van der Waals surface area contributed by atoms with Crippen molar-refractivity contribution in [1.82, 2.24) is 0 Å². The molecule has 2 atom stereocenters. The minimum Gasteiger partial charge on any atom is -0.508 e. The lowest BCUT2D eigenvalue weighted by Gasteiger charge is -2.24. The van der Waals surface area contributed by atoms with Crippen molar-refractivity contribution in [3.05, 3.63) is 190 Å². The van der Waals surface area contributed by atoms with Gasteiger partial charge in [-0.05, 0) is 156 Å². The Morgan fingerprint density at radius 1 is 0.533 bits per heavy atom. The summed E-state index contributed by atoms with van der Waals surface area (Å²) in [6.07, 6.45) is 4.70. The van der Waals surface area contributed by atoms with Crippen molar-refractivity contribution >= 4 is 23.5 Å². The predicted molar refractivity (Wildman–Crippen MR) is 300 cm³/mol. The summed E-state index contributed by atoms with van der Waals surface area (Å²) in [5, 5.41) is 9.24. The number of phenolic OH excluding ortho intramolecular Hbond substituents is 1. The zero-order chi connectivity index (χ0) is 55.6. The molecular formula is C64H75ClF2O8. The Morgan fingerprint density at radius 3 is 1.29 bits per heavy atom. The highest BCUT2D eigenvalue weighted by Gasteiger charge is 2.23. The molecule has 0 bridgehead atoms. The van der Waals surface area contributed by atoms with Gasteiger partial charge in [0, 0.05) is 28.8 Å². The third kappa shape index (κ3) is 18.5. The highest BCUT2D eigenvalue weighted by molar-refractivity contribution is 6.17. The van der Waals surface area contributed by atoms with Gasteiger partial charge in [0.15, 0.2) is 0 Å². The molecule has 0 unspecified atom stereocenters. The fraction of sp³-hybridized carbons (Fsp3) is 0.344. The van der Waals surface area contributed by atoms with Gasteiger partial charge in [-0.2, -0.15) is 0 Å². The van der Waals surface area contributed by atoms with Gasteiger partial charge in [0.25, 0.3) is 0 Å². The van der Waals surface area contributed by atoms with E-state index in [4.69, 9.17) is 30.5 Å². The maximum atomic E-state index is 14.9. The van der Waals surface area contributed by atoms with Crippen molar-refractivity contribution in [1.29, 1.82) is 0 Å². The van der Waals surface area contributed by atoms with E-state index in [1.807, 2.05) is 107 Å². The molecule has 0 fully saturated rings. The third-order valence-electron chi connectivity index (χ3n) is 12.2. The zero-order valence-corrected chi connectivity index (χ0v) is 46.9. The molecule has 75 heavy (non-hydrogen) atoms. The van der Waals surface area contributed by atoms with Gasteiger partial charge in [-0.25, -0.2) is 8.78 Å². The van der Waals surface area contributed by atoms with E-state index in [0.29, 0.717) is 47.3 Å². The van der Waals surface area contributed by atoms with Gasteiger partial charge in [-0.3, -0.25) is 9.59 Å². The standard InChI is InChI=1S/C32H37FO4.C18H20ClFO.C14H18O3/c1-21(2)16-24(18-31(34)36-7)23-9-11-25(12-10-23)37-20-22-8-14-29(32(3,4)5)27(17-22)28-19-26(35-6)13-15-30(28)33;1-18(2,3)16-7-5-12(11-19)9-14(16)15-10-13(21-4)6-8-17(15)20;1-10(2)8-12(9-14(16)17-3)11-4-6-13(15)7-5-11/h8-17,19,24H,18,20H2,1-7H3;5-10H,11H2,1-4H3;4-8,12,15H,9H2,1-3H3/t24-;;12-/m1.1/s1. The minimum absolute atomic E-state index is 0.00644. The van der Waals surface area contributed by atoms with Gasteiger partial charge < -0.3 is 28.8 Å². The van der Waals surface area contributed by atoms with Crippen molar-refractivity contribution in [2.24, 2.45) is 0 Å². The number of esters is 2. The van der Waals surface area contributed by atoms with Gasteiger partial charge in [0.1, 0.15) is 41.2 Å². The molecule has 8 nitrogen and oxygen atoms in total. The van der Waals surface area contributed by atoms with Crippen LogP contribution in [-0.4, -0.2) is 45.5 Å². The molecule has 0 radical (unpaired) electrons. The van der Waals surface area contributed by atoms with Gasteiger partial charge in [0.2, 0.25) is 0 Å². The van der Waals surface area contributed by atoms with Crippen LogP contribution < -0.4 is 14.2 Å². The van der Waals surface area contributed by atoms with Crippen LogP contribution in [0.4, 0.5) is 8.78 Å². The number of hydrogen-bond donors (Lipinski definition) is 1. The summed E-state index contributed by atoms with van der Waals surface area (Å²) < 4.78 is 55.4. The Bertz CT molecular complexity index is 2880. The monoisotopic (exact) mass is 1040 g/mol. The minimum atomic E-state index is -0.294. The second-order valence-corrected chi connectivity index (χ2v) is 21.1. The summed E-state index contributed by atoms with van der Waals surface area (Å²) in [7, 11) is 5.95. The van der Waals surface area contributed by atoms with E-state index < -0.39 is 0 Å². The molecule has 0 aliphatic heterocycles. The number of ether oxygens (including phenoxy) is 5. The molecule has 0 spiro atoms. The van der Waals surface area contributed by atoms with Crippen molar-refractivity contribution in [3.8, 4) is 45.3 Å². The first-order valence-corrected chi connectivity index (χ1v) is 25.4. The Kier molecular flexibility index (Phi) is 22.7. The highest BCUT2D eigenvalue weighted by Crippen LogP contribution is 2.39. The average Bonchev–Trinajstić information content (AvgIpc) is 3.37. The molecular weight excluding hydrogens is 970 g/mol. The lowest BCUT2D eigenvalue weighted by molar-refractivity contribution is -0.141. The van der Waals surface area contributed by atoms with Crippen LogP contribution in [0.5, 0.6) is 23.0 Å². The molecule has 400 valence electrons. The second kappa shape index (κ2) is 28.1. The first kappa shape index (κ1) is 60.6. The summed E-state index contributed by atoms with van der Waals surface area (Å²) in [5.41, 5.74) is 10.8. The van der Waals surface area contributed by atoms with E-state index in [1.54, 1.807) is 50.6 Å². The fourth-order valence-corrected chi connectivity index (χ4v) is 8.53. The number of hydrogen-bond acceptors (Lipinski definition) is 8. The van der Waals surface area contributed by atoms with Crippen LogP contribution in [0.25, 0.3) is 22.3 Å². The third-order valence-corrected chi connectivity index (χ3v) is 12.5. The number of allylic oxidation sites excluding steroid dienone is 4. The van der Waals surface area contributed by atoms with Crippen molar-refractivity contribution in [2.75, 3.05) is 28.4 Å². The molecule has 0 heterocycles.